The van der Waals surface area contributed by atoms with E-state index < -0.39 is 0 Å². The highest BCUT2D eigenvalue weighted by atomic mass is 16.5. The van der Waals surface area contributed by atoms with E-state index in [1.165, 1.54) is 11.1 Å². The molecule has 22 heavy (non-hydrogen) atoms. The van der Waals surface area contributed by atoms with Crippen molar-refractivity contribution in [2.45, 2.75) is 39.0 Å². The molecule has 0 saturated heterocycles. The minimum absolute atomic E-state index is 0.183. The van der Waals surface area contributed by atoms with Gasteiger partial charge in [0.05, 0.1) is 0 Å². The maximum absolute atomic E-state index is 5.87. The molecule has 3 nitrogen and oxygen atoms in total. The van der Waals surface area contributed by atoms with Gasteiger partial charge in [0.1, 0.15) is 12.4 Å². The van der Waals surface area contributed by atoms with Crippen LogP contribution in [-0.4, -0.2) is 18.6 Å². The fourth-order valence-electron chi connectivity index (χ4n) is 2.32. The molecule has 0 spiro atoms. The Morgan fingerprint density at radius 3 is 2.45 bits per heavy atom. The van der Waals surface area contributed by atoms with Crippen LogP contribution in [-0.2, 0) is 13.0 Å². The zero-order valence-electron chi connectivity index (χ0n) is 13.5. The first-order valence-corrected chi connectivity index (χ1v) is 7.88. The number of nitrogens with one attached hydrogen (secondary N) is 1. The number of nitrogens with two attached hydrogens (primary N) is 1. The maximum atomic E-state index is 5.87. The lowest BCUT2D eigenvalue weighted by molar-refractivity contribution is 0.306. The number of hydrogen-bond acceptors (Lipinski definition) is 3. The van der Waals surface area contributed by atoms with Crippen LogP contribution in [0.25, 0.3) is 0 Å². The quantitative estimate of drug-likeness (QED) is 0.787. The van der Waals surface area contributed by atoms with Crippen LogP contribution in [0.3, 0.4) is 0 Å². The van der Waals surface area contributed by atoms with E-state index in [2.05, 4.69) is 36.5 Å². The Morgan fingerprint density at radius 1 is 1.00 bits per heavy atom. The fraction of sp³-hybridized carbons (Fsp3) is 0.368. The first-order chi connectivity index (χ1) is 10.6. The van der Waals surface area contributed by atoms with Crippen molar-refractivity contribution >= 4 is 0 Å². The smallest absolute Gasteiger partial charge is 0.120 e. The highest BCUT2D eigenvalue weighted by molar-refractivity contribution is 5.29. The first kappa shape index (κ1) is 16.5. The van der Waals surface area contributed by atoms with Gasteiger partial charge in [0, 0.05) is 18.6 Å². The van der Waals surface area contributed by atoms with E-state index in [1.807, 2.05) is 37.3 Å². The van der Waals surface area contributed by atoms with Crippen molar-refractivity contribution in [2.75, 3.05) is 6.54 Å². The monoisotopic (exact) mass is 298 g/mol. The average Bonchev–Trinajstić information content (AvgIpc) is 2.52. The molecule has 2 aromatic rings. The van der Waals surface area contributed by atoms with E-state index >= 15 is 0 Å². The van der Waals surface area contributed by atoms with E-state index in [0.29, 0.717) is 12.6 Å². The molecule has 0 heterocycles. The Hall–Kier alpha value is -1.84. The van der Waals surface area contributed by atoms with Crippen molar-refractivity contribution in [1.29, 1.82) is 0 Å². The second-order valence-electron chi connectivity index (χ2n) is 5.91. The standard InChI is InChI=1S/C19H26N2O/c1-15(20)13-21-16(2)11-18-9-6-10-19(12-18)22-14-17-7-4-3-5-8-17/h3-10,12,15-16,21H,11,13-14,20H2,1-2H3. The summed E-state index contributed by atoms with van der Waals surface area (Å²) in [6.07, 6.45) is 0.968. The van der Waals surface area contributed by atoms with Crippen molar-refractivity contribution in [3.05, 3.63) is 65.7 Å². The van der Waals surface area contributed by atoms with Crippen molar-refractivity contribution in [3.8, 4) is 5.75 Å². The van der Waals surface area contributed by atoms with Gasteiger partial charge in [-0.3, -0.25) is 0 Å². The second-order valence-corrected chi connectivity index (χ2v) is 5.91. The zero-order chi connectivity index (χ0) is 15.8. The summed E-state index contributed by atoms with van der Waals surface area (Å²) < 4.78 is 5.87. The predicted octanol–water partition coefficient (Wildman–Crippen LogP) is 3.13. The molecule has 2 atom stereocenters. The van der Waals surface area contributed by atoms with Crippen molar-refractivity contribution in [1.82, 2.24) is 5.32 Å². The van der Waals surface area contributed by atoms with Gasteiger partial charge in [0.15, 0.2) is 0 Å². The topological polar surface area (TPSA) is 47.3 Å². The fourth-order valence-corrected chi connectivity index (χ4v) is 2.32. The Kier molecular flexibility index (Phi) is 6.44. The normalized spacial score (nSPS) is 13.6. The van der Waals surface area contributed by atoms with E-state index in [4.69, 9.17) is 10.5 Å². The van der Waals surface area contributed by atoms with Crippen LogP contribution in [0.1, 0.15) is 25.0 Å². The minimum atomic E-state index is 0.183. The molecule has 2 unspecified atom stereocenters. The molecule has 2 rings (SSSR count). The highest BCUT2D eigenvalue weighted by Crippen LogP contribution is 2.16. The molecule has 2 aromatic carbocycles. The van der Waals surface area contributed by atoms with Gasteiger partial charge in [0.2, 0.25) is 0 Å². The molecule has 0 aliphatic rings. The van der Waals surface area contributed by atoms with Gasteiger partial charge in [-0.15, -0.1) is 0 Å². The van der Waals surface area contributed by atoms with Crippen LogP contribution in [0.4, 0.5) is 0 Å². The lowest BCUT2D eigenvalue weighted by Crippen LogP contribution is -2.37. The maximum Gasteiger partial charge on any atom is 0.120 e. The minimum Gasteiger partial charge on any atom is -0.489 e. The highest BCUT2D eigenvalue weighted by Gasteiger charge is 2.05. The SMILES string of the molecule is CC(N)CNC(C)Cc1cccc(OCc2ccccc2)c1. The van der Waals surface area contributed by atoms with Crippen LogP contribution < -0.4 is 15.8 Å². The molecule has 3 heteroatoms. The van der Waals surface area contributed by atoms with Crippen molar-refractivity contribution in [2.24, 2.45) is 5.73 Å². The Morgan fingerprint density at radius 2 is 1.73 bits per heavy atom. The molecule has 0 radical (unpaired) electrons. The van der Waals surface area contributed by atoms with Gasteiger partial charge in [-0.2, -0.15) is 0 Å². The van der Waals surface area contributed by atoms with Gasteiger partial charge >= 0.3 is 0 Å². The zero-order valence-corrected chi connectivity index (χ0v) is 13.5. The number of benzene rings is 2. The third kappa shape index (κ3) is 5.88. The predicted molar refractivity (Wildman–Crippen MR) is 92.0 cm³/mol. The Labute approximate surface area is 133 Å². The molecule has 0 bridgehead atoms. The summed E-state index contributed by atoms with van der Waals surface area (Å²) in [6, 6.07) is 19.1. The number of ether oxygens (including phenoxy) is 1. The van der Waals surface area contributed by atoms with Crippen LogP contribution in [0.15, 0.2) is 54.6 Å². The molecular weight excluding hydrogens is 272 g/mol. The molecule has 0 aliphatic heterocycles. The molecule has 0 aliphatic carbocycles. The van der Waals surface area contributed by atoms with Crippen molar-refractivity contribution in [3.63, 3.8) is 0 Å². The van der Waals surface area contributed by atoms with Crippen LogP contribution in [0.5, 0.6) is 5.75 Å². The molecule has 0 saturated carbocycles. The van der Waals surface area contributed by atoms with Gasteiger partial charge < -0.3 is 15.8 Å². The molecule has 0 fully saturated rings. The third-order valence-corrected chi connectivity index (χ3v) is 3.48. The van der Waals surface area contributed by atoms with Gasteiger partial charge in [-0.05, 0) is 43.5 Å². The summed E-state index contributed by atoms with van der Waals surface area (Å²) in [5.41, 5.74) is 8.22. The molecular formula is C19H26N2O. The lowest BCUT2D eigenvalue weighted by atomic mass is 10.1. The number of hydrogen-bond donors (Lipinski definition) is 2. The van der Waals surface area contributed by atoms with E-state index in [9.17, 15) is 0 Å². The largest absolute Gasteiger partial charge is 0.489 e. The van der Waals surface area contributed by atoms with Gasteiger partial charge in [-0.1, -0.05) is 42.5 Å². The molecule has 118 valence electrons. The summed E-state index contributed by atoms with van der Waals surface area (Å²) in [4.78, 5) is 0. The Bertz CT molecular complexity index is 554. The van der Waals surface area contributed by atoms with Crippen LogP contribution in [0, 0.1) is 0 Å². The van der Waals surface area contributed by atoms with Crippen molar-refractivity contribution < 1.29 is 4.74 Å². The summed E-state index contributed by atoms with van der Waals surface area (Å²) in [5.74, 6) is 0.917. The molecule has 0 aromatic heterocycles. The number of rotatable bonds is 8. The third-order valence-electron chi connectivity index (χ3n) is 3.48. The average molecular weight is 298 g/mol. The summed E-state index contributed by atoms with van der Waals surface area (Å²) in [7, 11) is 0. The van der Waals surface area contributed by atoms with E-state index in [0.717, 1.165) is 18.7 Å². The van der Waals surface area contributed by atoms with Gasteiger partial charge in [-0.25, -0.2) is 0 Å². The van der Waals surface area contributed by atoms with E-state index in [-0.39, 0.29) is 6.04 Å². The molecule has 3 N–H and O–H groups in total. The summed E-state index contributed by atoms with van der Waals surface area (Å²) in [6.45, 7) is 5.63. The second kappa shape index (κ2) is 8.57. The molecule has 0 amide bonds. The van der Waals surface area contributed by atoms with Gasteiger partial charge in [0.25, 0.3) is 0 Å². The lowest BCUT2D eigenvalue weighted by Gasteiger charge is -2.16. The first-order valence-electron chi connectivity index (χ1n) is 7.88. The summed E-state index contributed by atoms with van der Waals surface area (Å²) >= 11 is 0. The van der Waals surface area contributed by atoms with Crippen LogP contribution in [0.2, 0.25) is 0 Å². The van der Waals surface area contributed by atoms with Crippen LogP contribution >= 0.6 is 0 Å². The summed E-state index contributed by atoms with van der Waals surface area (Å²) in [5, 5.41) is 3.44. The van der Waals surface area contributed by atoms with E-state index in [1.54, 1.807) is 0 Å². The Balaban J connectivity index is 1.86.